The van der Waals surface area contributed by atoms with Gasteiger partial charge in [-0.15, -0.1) is 0 Å². The molecule has 2 atom stereocenters. The molecule has 1 N–H and O–H groups in total. The highest BCUT2D eigenvalue weighted by Gasteiger charge is 2.64. The van der Waals surface area contributed by atoms with Gasteiger partial charge in [0.2, 0.25) is 17.7 Å². The first-order chi connectivity index (χ1) is 12.8. The van der Waals surface area contributed by atoms with Crippen molar-refractivity contribution in [2.45, 2.75) is 33.6 Å². The van der Waals surface area contributed by atoms with E-state index in [4.69, 9.17) is 0 Å². The van der Waals surface area contributed by atoms with Crippen LogP contribution in [0, 0.1) is 16.7 Å². The van der Waals surface area contributed by atoms with E-state index in [0.29, 0.717) is 18.5 Å². The maximum atomic E-state index is 13.1. The molecule has 1 saturated carbocycles. The summed E-state index contributed by atoms with van der Waals surface area (Å²) in [4.78, 5) is 39.8. The minimum Gasteiger partial charge on any atom is -0.324 e. The largest absolute Gasteiger partial charge is 0.324 e. The lowest BCUT2D eigenvalue weighted by Crippen LogP contribution is -2.60. The molecule has 3 amide bonds. The molecule has 1 heterocycles. The summed E-state index contributed by atoms with van der Waals surface area (Å²) in [5, 5.41) is 4.82. The average molecular weight is 364 g/mol. The maximum absolute atomic E-state index is 13.1. The van der Waals surface area contributed by atoms with Gasteiger partial charge in [-0.25, -0.2) is 0 Å². The number of anilines is 1. The zero-order valence-electron chi connectivity index (χ0n) is 15.9. The number of rotatable bonds is 3. The number of hydrogen-bond acceptors (Lipinski definition) is 3. The molecule has 2 aromatic carbocycles. The number of likely N-dealkylation sites (tertiary alicyclic amines) is 1. The van der Waals surface area contributed by atoms with Crippen molar-refractivity contribution in [2.75, 3.05) is 11.9 Å². The number of hydrogen-bond donors (Lipinski definition) is 1. The average Bonchev–Trinajstić information content (AvgIpc) is 2.83. The van der Waals surface area contributed by atoms with Crippen LogP contribution in [0.4, 0.5) is 5.69 Å². The summed E-state index contributed by atoms with van der Waals surface area (Å²) in [7, 11) is 0. The van der Waals surface area contributed by atoms with Gasteiger partial charge < -0.3 is 5.32 Å². The van der Waals surface area contributed by atoms with Crippen molar-refractivity contribution in [3.05, 3.63) is 42.5 Å². The lowest BCUT2D eigenvalue weighted by molar-refractivity contribution is -0.168. The molecule has 4 rings (SSSR count). The first-order valence-corrected chi connectivity index (χ1v) is 9.39. The van der Waals surface area contributed by atoms with Gasteiger partial charge in [-0.05, 0) is 29.7 Å². The Bertz CT molecular complexity index is 960. The minimum atomic E-state index is -0.592. The van der Waals surface area contributed by atoms with Crippen molar-refractivity contribution in [1.82, 2.24) is 4.90 Å². The lowest BCUT2D eigenvalue weighted by atomic mass is 9.62. The highest BCUT2D eigenvalue weighted by atomic mass is 16.2. The standard InChI is InChI=1S/C22H24N2O3/c1-21(2)16-11-12-22(21,3)20(27)24(19(16)26)13-18(25)23-17-10-6-8-14-7-4-5-9-15(14)17/h4-10,16H,11-13H2,1-3H3,(H,23,25). The fourth-order valence-corrected chi connectivity index (χ4v) is 4.72. The van der Waals surface area contributed by atoms with Crippen LogP contribution in [0.25, 0.3) is 10.8 Å². The normalized spacial score (nSPS) is 26.5. The van der Waals surface area contributed by atoms with E-state index < -0.39 is 5.41 Å². The monoisotopic (exact) mass is 364 g/mol. The number of carbonyl (C=O) groups is 3. The summed E-state index contributed by atoms with van der Waals surface area (Å²) in [6, 6.07) is 13.4. The fraction of sp³-hybridized carbons (Fsp3) is 0.409. The molecule has 140 valence electrons. The predicted molar refractivity (Wildman–Crippen MR) is 104 cm³/mol. The molecule has 2 aromatic rings. The minimum absolute atomic E-state index is 0.203. The zero-order valence-corrected chi connectivity index (χ0v) is 15.9. The number of carbonyl (C=O) groups excluding carboxylic acids is 3. The van der Waals surface area contributed by atoms with Gasteiger partial charge in [0, 0.05) is 17.0 Å². The summed E-state index contributed by atoms with van der Waals surface area (Å²) in [6.45, 7) is 5.68. The molecule has 1 aliphatic carbocycles. The van der Waals surface area contributed by atoms with Crippen LogP contribution in [0.1, 0.15) is 33.6 Å². The van der Waals surface area contributed by atoms with Crippen LogP contribution in [0.2, 0.25) is 0 Å². The van der Waals surface area contributed by atoms with E-state index in [0.717, 1.165) is 10.8 Å². The second kappa shape index (κ2) is 5.91. The Balaban J connectivity index is 1.57. The number of nitrogens with one attached hydrogen (secondary N) is 1. The molecule has 2 unspecified atom stereocenters. The summed E-state index contributed by atoms with van der Waals surface area (Å²) in [5.74, 6) is -0.992. The van der Waals surface area contributed by atoms with Crippen molar-refractivity contribution in [3.8, 4) is 0 Å². The third-order valence-corrected chi connectivity index (χ3v) is 6.87. The van der Waals surface area contributed by atoms with Gasteiger partial charge in [-0.3, -0.25) is 19.3 Å². The molecular formula is C22H24N2O3. The molecule has 2 fully saturated rings. The third kappa shape index (κ3) is 2.48. The van der Waals surface area contributed by atoms with Gasteiger partial charge >= 0.3 is 0 Å². The fourth-order valence-electron chi connectivity index (χ4n) is 4.72. The Labute approximate surface area is 158 Å². The maximum Gasteiger partial charge on any atom is 0.244 e. The van der Waals surface area contributed by atoms with Crippen LogP contribution in [-0.4, -0.2) is 29.2 Å². The van der Waals surface area contributed by atoms with Crippen LogP contribution in [-0.2, 0) is 14.4 Å². The van der Waals surface area contributed by atoms with Crippen molar-refractivity contribution in [2.24, 2.45) is 16.7 Å². The molecule has 1 saturated heterocycles. The molecule has 0 spiro atoms. The van der Waals surface area contributed by atoms with Crippen LogP contribution in [0.5, 0.6) is 0 Å². The molecule has 27 heavy (non-hydrogen) atoms. The van der Waals surface area contributed by atoms with Crippen LogP contribution in [0.3, 0.4) is 0 Å². The molecular weight excluding hydrogens is 340 g/mol. The third-order valence-electron chi connectivity index (χ3n) is 6.87. The second-order valence-corrected chi connectivity index (χ2v) is 8.45. The number of amides is 3. The summed E-state index contributed by atoms with van der Waals surface area (Å²) in [6.07, 6.45) is 1.40. The van der Waals surface area contributed by atoms with Crippen LogP contribution in [0.15, 0.2) is 42.5 Å². The van der Waals surface area contributed by atoms with E-state index in [-0.39, 0.29) is 35.6 Å². The van der Waals surface area contributed by atoms with E-state index >= 15 is 0 Å². The topological polar surface area (TPSA) is 66.5 Å². The predicted octanol–water partition coefficient (Wildman–Crippen LogP) is 3.59. The highest BCUT2D eigenvalue weighted by molar-refractivity contribution is 6.09. The summed E-state index contributed by atoms with van der Waals surface area (Å²) < 4.78 is 0. The van der Waals surface area contributed by atoms with Crippen molar-refractivity contribution >= 4 is 34.2 Å². The number of piperidine rings is 1. The number of fused-ring (bicyclic) bond motifs is 3. The molecule has 5 heteroatoms. The van der Waals surface area contributed by atoms with Gasteiger partial charge in [0.25, 0.3) is 0 Å². The molecule has 2 aliphatic rings. The molecule has 0 aromatic heterocycles. The molecule has 1 aliphatic heterocycles. The SMILES string of the molecule is CC12CCC(C(=O)N(CC(=O)Nc3cccc4ccccc34)C1=O)C2(C)C. The Morgan fingerprint density at radius 1 is 1.11 bits per heavy atom. The Kier molecular flexibility index (Phi) is 3.88. The number of imide groups is 1. The van der Waals surface area contributed by atoms with Gasteiger partial charge in [0.1, 0.15) is 6.54 Å². The van der Waals surface area contributed by atoms with E-state index in [1.54, 1.807) is 0 Å². The van der Waals surface area contributed by atoms with Gasteiger partial charge in [0.15, 0.2) is 0 Å². The van der Waals surface area contributed by atoms with E-state index in [2.05, 4.69) is 5.32 Å². The Morgan fingerprint density at radius 2 is 1.81 bits per heavy atom. The van der Waals surface area contributed by atoms with Crippen molar-refractivity contribution < 1.29 is 14.4 Å². The zero-order chi connectivity index (χ0) is 19.4. The lowest BCUT2D eigenvalue weighted by Gasteiger charge is -2.47. The van der Waals surface area contributed by atoms with E-state index in [1.165, 1.54) is 4.90 Å². The quantitative estimate of drug-likeness (QED) is 0.847. The van der Waals surface area contributed by atoms with Gasteiger partial charge in [0.05, 0.1) is 5.41 Å². The Morgan fingerprint density at radius 3 is 2.59 bits per heavy atom. The first kappa shape index (κ1) is 17.7. The number of nitrogens with zero attached hydrogens (tertiary/aromatic N) is 1. The summed E-state index contributed by atoms with van der Waals surface area (Å²) in [5.41, 5.74) is -0.278. The van der Waals surface area contributed by atoms with E-state index in [9.17, 15) is 14.4 Å². The molecule has 2 bridgehead atoms. The Hall–Kier alpha value is -2.69. The number of benzene rings is 2. The van der Waals surface area contributed by atoms with Crippen LogP contribution >= 0.6 is 0 Å². The first-order valence-electron chi connectivity index (χ1n) is 9.39. The summed E-state index contributed by atoms with van der Waals surface area (Å²) >= 11 is 0. The molecule has 5 nitrogen and oxygen atoms in total. The van der Waals surface area contributed by atoms with Gasteiger partial charge in [-0.1, -0.05) is 57.2 Å². The molecule has 0 radical (unpaired) electrons. The van der Waals surface area contributed by atoms with Crippen molar-refractivity contribution in [1.29, 1.82) is 0 Å². The second-order valence-electron chi connectivity index (χ2n) is 8.45. The van der Waals surface area contributed by atoms with Crippen LogP contribution < -0.4 is 5.32 Å². The van der Waals surface area contributed by atoms with E-state index in [1.807, 2.05) is 63.2 Å². The van der Waals surface area contributed by atoms with Crippen molar-refractivity contribution in [3.63, 3.8) is 0 Å². The smallest absolute Gasteiger partial charge is 0.244 e. The highest BCUT2D eigenvalue weighted by Crippen LogP contribution is 2.59. The van der Waals surface area contributed by atoms with Gasteiger partial charge in [-0.2, -0.15) is 0 Å².